The van der Waals surface area contributed by atoms with E-state index in [4.69, 9.17) is 9.97 Å². The van der Waals surface area contributed by atoms with Crippen molar-refractivity contribution in [1.29, 1.82) is 0 Å². The average Bonchev–Trinajstić information content (AvgIpc) is 2.80. The van der Waals surface area contributed by atoms with Crippen LogP contribution < -0.4 is 5.32 Å². The number of para-hydroxylation sites is 1. The summed E-state index contributed by atoms with van der Waals surface area (Å²) >= 11 is 0. The number of carbonyl (C=O) groups excluding carboxylic acids is 1. The van der Waals surface area contributed by atoms with Crippen LogP contribution in [-0.2, 0) is 4.79 Å². The second kappa shape index (κ2) is 9.48. The number of hydrogen-bond acceptors (Lipinski definition) is 5. The molecule has 154 valence electrons. The van der Waals surface area contributed by atoms with Gasteiger partial charge in [0.05, 0.1) is 11.7 Å². The number of amides is 1. The lowest BCUT2D eigenvalue weighted by Gasteiger charge is -2.35. The largest absolute Gasteiger partial charge is 0.340 e. The van der Waals surface area contributed by atoms with Crippen molar-refractivity contribution >= 4 is 17.4 Å². The number of carbonyl (C=O) groups is 1. The lowest BCUT2D eigenvalue weighted by Crippen LogP contribution is -2.39. The van der Waals surface area contributed by atoms with Gasteiger partial charge in [0.15, 0.2) is 5.82 Å². The van der Waals surface area contributed by atoms with Crippen LogP contribution in [0.25, 0.3) is 11.3 Å². The van der Waals surface area contributed by atoms with Crippen molar-refractivity contribution in [2.75, 3.05) is 11.9 Å². The number of nitrogens with one attached hydrogen (secondary N) is 1. The van der Waals surface area contributed by atoms with Crippen molar-refractivity contribution < 1.29 is 4.79 Å². The molecule has 1 aliphatic rings. The van der Waals surface area contributed by atoms with Gasteiger partial charge >= 0.3 is 0 Å². The van der Waals surface area contributed by atoms with Crippen molar-refractivity contribution in [2.45, 2.75) is 45.1 Å². The third kappa shape index (κ3) is 4.64. The zero-order valence-corrected chi connectivity index (χ0v) is 17.3. The maximum absolute atomic E-state index is 12.8. The Bertz CT molecular complexity index is 977. The Kier molecular flexibility index (Phi) is 6.32. The first-order chi connectivity index (χ1) is 14.7. The van der Waals surface area contributed by atoms with E-state index in [0.717, 1.165) is 55.0 Å². The molecule has 1 atom stereocenters. The Balaban J connectivity index is 1.73. The molecule has 0 radical (unpaired) electrons. The summed E-state index contributed by atoms with van der Waals surface area (Å²) < 4.78 is 0. The molecular formula is C24H27N5O. The Morgan fingerprint density at radius 3 is 2.67 bits per heavy atom. The Hall–Kier alpha value is -3.28. The molecule has 1 saturated heterocycles. The summed E-state index contributed by atoms with van der Waals surface area (Å²) in [5.41, 5.74) is 2.77. The number of aromatic nitrogens is 3. The summed E-state index contributed by atoms with van der Waals surface area (Å²) in [7, 11) is 0. The number of benzene rings is 1. The molecule has 30 heavy (non-hydrogen) atoms. The smallest absolute Gasteiger partial charge is 0.223 e. The van der Waals surface area contributed by atoms with Gasteiger partial charge in [0.1, 0.15) is 5.82 Å². The lowest BCUT2D eigenvalue weighted by atomic mass is 10.00. The molecular weight excluding hydrogens is 374 g/mol. The normalized spacial score (nSPS) is 16.3. The van der Waals surface area contributed by atoms with Crippen LogP contribution in [0.3, 0.4) is 0 Å². The molecule has 1 aromatic carbocycles. The van der Waals surface area contributed by atoms with Crippen molar-refractivity contribution in [1.82, 2.24) is 19.9 Å². The molecule has 6 nitrogen and oxygen atoms in total. The van der Waals surface area contributed by atoms with Crippen LogP contribution in [0.15, 0.2) is 60.9 Å². The van der Waals surface area contributed by atoms with E-state index in [1.807, 2.05) is 60.4 Å². The van der Waals surface area contributed by atoms with Gasteiger partial charge in [-0.25, -0.2) is 9.97 Å². The van der Waals surface area contributed by atoms with Gasteiger partial charge < -0.3 is 10.2 Å². The first kappa shape index (κ1) is 20.0. The second-order valence-corrected chi connectivity index (χ2v) is 7.57. The second-order valence-electron chi connectivity index (χ2n) is 7.57. The van der Waals surface area contributed by atoms with E-state index < -0.39 is 0 Å². The Morgan fingerprint density at radius 1 is 1.10 bits per heavy atom. The molecule has 0 unspecified atom stereocenters. The minimum atomic E-state index is -0.0871. The van der Waals surface area contributed by atoms with Crippen LogP contribution >= 0.6 is 0 Å². The van der Waals surface area contributed by atoms with Crippen LogP contribution in [0, 0.1) is 0 Å². The number of anilines is 2. The quantitative estimate of drug-likeness (QED) is 0.619. The van der Waals surface area contributed by atoms with Gasteiger partial charge in [0, 0.05) is 42.7 Å². The van der Waals surface area contributed by atoms with Gasteiger partial charge in [0.2, 0.25) is 5.91 Å². The van der Waals surface area contributed by atoms with Gasteiger partial charge in [-0.05, 0) is 49.9 Å². The summed E-state index contributed by atoms with van der Waals surface area (Å²) in [6.45, 7) is 2.81. The molecule has 0 bridgehead atoms. The zero-order valence-electron chi connectivity index (χ0n) is 17.3. The molecule has 0 aliphatic carbocycles. The van der Waals surface area contributed by atoms with E-state index >= 15 is 0 Å². The van der Waals surface area contributed by atoms with Gasteiger partial charge in [-0.15, -0.1) is 0 Å². The van der Waals surface area contributed by atoms with Crippen LogP contribution in [0.2, 0.25) is 0 Å². The molecule has 1 N–H and O–H groups in total. The average molecular weight is 402 g/mol. The molecule has 0 saturated carbocycles. The molecule has 1 aliphatic heterocycles. The maximum atomic E-state index is 12.8. The summed E-state index contributed by atoms with van der Waals surface area (Å²) in [5, 5.41) is 3.39. The first-order valence-electron chi connectivity index (χ1n) is 10.7. The molecule has 0 spiro atoms. The molecule has 3 heterocycles. The van der Waals surface area contributed by atoms with E-state index in [1.54, 1.807) is 12.4 Å². The molecule has 4 rings (SSSR count). The number of rotatable bonds is 6. The summed E-state index contributed by atoms with van der Waals surface area (Å²) in [6.07, 6.45) is 7.94. The van der Waals surface area contributed by atoms with Crippen molar-refractivity contribution in [3.63, 3.8) is 0 Å². The minimum absolute atomic E-state index is 0.0871. The highest BCUT2D eigenvalue weighted by atomic mass is 16.2. The van der Waals surface area contributed by atoms with E-state index in [0.29, 0.717) is 12.2 Å². The van der Waals surface area contributed by atoms with Crippen LogP contribution in [0.1, 0.15) is 50.9 Å². The zero-order chi connectivity index (χ0) is 20.8. The Morgan fingerprint density at radius 2 is 1.90 bits per heavy atom. The highest BCUT2D eigenvalue weighted by Crippen LogP contribution is 2.32. The standard InChI is InChI=1S/C24H27N5O/c1-2-8-23(30)29-16-7-6-11-21(29)24-27-20(18-12-14-25-15-13-18)17-22(28-24)26-19-9-4-3-5-10-19/h3-5,9-10,12-15,17,21H,2,6-8,11,16H2,1H3,(H,26,27,28)/t21-/m0/s1. The first-order valence-corrected chi connectivity index (χ1v) is 10.7. The number of nitrogens with zero attached hydrogens (tertiary/aromatic N) is 4. The minimum Gasteiger partial charge on any atom is -0.340 e. The van der Waals surface area contributed by atoms with E-state index in [2.05, 4.69) is 10.3 Å². The fourth-order valence-corrected chi connectivity index (χ4v) is 3.87. The van der Waals surface area contributed by atoms with Gasteiger partial charge in [-0.3, -0.25) is 9.78 Å². The topological polar surface area (TPSA) is 71.0 Å². The third-order valence-electron chi connectivity index (χ3n) is 5.35. The fourth-order valence-electron chi connectivity index (χ4n) is 3.87. The highest BCUT2D eigenvalue weighted by molar-refractivity contribution is 5.76. The monoisotopic (exact) mass is 401 g/mol. The molecule has 6 heteroatoms. The fraction of sp³-hybridized carbons (Fsp3) is 0.333. The highest BCUT2D eigenvalue weighted by Gasteiger charge is 2.30. The van der Waals surface area contributed by atoms with Crippen molar-refractivity contribution in [2.24, 2.45) is 0 Å². The van der Waals surface area contributed by atoms with Gasteiger partial charge in [-0.1, -0.05) is 25.1 Å². The van der Waals surface area contributed by atoms with Crippen LogP contribution in [0.5, 0.6) is 0 Å². The number of pyridine rings is 1. The van der Waals surface area contributed by atoms with E-state index in [1.165, 1.54) is 0 Å². The predicted octanol–water partition coefficient (Wildman–Crippen LogP) is 5.14. The Labute approximate surface area is 177 Å². The summed E-state index contributed by atoms with van der Waals surface area (Å²) in [4.78, 5) is 28.6. The number of piperidine rings is 1. The molecule has 3 aromatic rings. The molecule has 1 amide bonds. The molecule has 2 aromatic heterocycles. The van der Waals surface area contributed by atoms with E-state index in [-0.39, 0.29) is 11.9 Å². The van der Waals surface area contributed by atoms with Crippen LogP contribution in [-0.4, -0.2) is 32.3 Å². The van der Waals surface area contributed by atoms with Crippen molar-refractivity contribution in [3.8, 4) is 11.3 Å². The molecule has 1 fully saturated rings. The number of likely N-dealkylation sites (tertiary alicyclic amines) is 1. The predicted molar refractivity (Wildman–Crippen MR) is 118 cm³/mol. The summed E-state index contributed by atoms with van der Waals surface area (Å²) in [5.74, 6) is 1.62. The van der Waals surface area contributed by atoms with Gasteiger partial charge in [0.25, 0.3) is 0 Å². The maximum Gasteiger partial charge on any atom is 0.223 e. The van der Waals surface area contributed by atoms with Crippen LogP contribution in [0.4, 0.5) is 11.5 Å². The van der Waals surface area contributed by atoms with Gasteiger partial charge in [-0.2, -0.15) is 0 Å². The lowest BCUT2D eigenvalue weighted by molar-refractivity contribution is -0.135. The SMILES string of the molecule is CCCC(=O)N1CCCC[C@H]1c1nc(Nc2ccccc2)cc(-c2ccncc2)n1. The third-order valence-corrected chi connectivity index (χ3v) is 5.35. The van der Waals surface area contributed by atoms with Crippen molar-refractivity contribution in [3.05, 3.63) is 66.7 Å². The van der Waals surface area contributed by atoms with E-state index in [9.17, 15) is 4.79 Å². The summed E-state index contributed by atoms with van der Waals surface area (Å²) in [6, 6.07) is 15.7. The number of hydrogen-bond donors (Lipinski definition) is 1.